The lowest BCUT2D eigenvalue weighted by molar-refractivity contribution is -0.134. The topological polar surface area (TPSA) is 213 Å². The fourth-order valence-electron chi connectivity index (χ4n) is 5.45. The number of alkyl carbamates (subject to hydrolysis) is 1. The summed E-state index contributed by atoms with van der Waals surface area (Å²) in [5, 5.41) is 11.2. The van der Waals surface area contributed by atoms with Gasteiger partial charge < -0.3 is 41.4 Å². The molecule has 0 radical (unpaired) electrons. The van der Waals surface area contributed by atoms with Crippen molar-refractivity contribution >= 4 is 33.9 Å². The third kappa shape index (κ3) is 9.03. The Balaban J connectivity index is 1.42. The summed E-state index contributed by atoms with van der Waals surface area (Å²) < 4.78 is 39.4. The number of piperidine rings is 1. The molecule has 3 atom stereocenters. The number of sulfonamides is 1. The van der Waals surface area contributed by atoms with Crippen LogP contribution in [0, 0.1) is 11.3 Å². The molecule has 7 N–H and O–H groups in total. The van der Waals surface area contributed by atoms with Gasteiger partial charge >= 0.3 is 6.09 Å². The Labute approximate surface area is 258 Å². The Morgan fingerprint density at radius 1 is 1.09 bits per heavy atom. The number of guanidine groups is 1. The number of nitrogens with two attached hydrogens (primary N) is 2. The predicted octanol–water partition coefficient (Wildman–Crippen LogP) is -1.02. The Hall–Kier alpha value is -3.47. The lowest BCUT2D eigenvalue weighted by Gasteiger charge is -2.35. The molecule has 3 aliphatic rings. The highest BCUT2D eigenvalue weighted by Crippen LogP contribution is 2.29. The highest BCUT2D eigenvalue weighted by Gasteiger charge is 2.49. The number of likely N-dealkylation sites (tertiary alicyclic amines) is 1. The summed E-state index contributed by atoms with van der Waals surface area (Å²) in [5.41, 5.74) is 12.8. The lowest BCUT2D eigenvalue weighted by atomic mass is 9.98. The van der Waals surface area contributed by atoms with Crippen LogP contribution in [0.5, 0.6) is 0 Å². The van der Waals surface area contributed by atoms with E-state index in [0.717, 1.165) is 22.7 Å². The maximum absolute atomic E-state index is 14.0. The molecule has 244 valence electrons. The van der Waals surface area contributed by atoms with E-state index in [1.54, 1.807) is 4.90 Å². The Morgan fingerprint density at radius 3 is 2.45 bits per heavy atom. The Bertz CT molecular complexity index is 1260. The monoisotopic (exact) mass is 636 g/mol. The third-order valence-corrected chi connectivity index (χ3v) is 10.3. The number of carbonyl (C=O) groups excluding carboxylic acids is 3. The van der Waals surface area contributed by atoms with Gasteiger partial charge in [0.25, 0.3) is 0 Å². The van der Waals surface area contributed by atoms with E-state index >= 15 is 0 Å². The first-order chi connectivity index (χ1) is 21.1. The number of hydrogen-bond acceptors (Lipinski definition) is 9. The molecule has 1 unspecified atom stereocenters. The third-order valence-electron chi connectivity index (χ3n) is 8.05. The maximum Gasteiger partial charge on any atom is 0.407 e. The molecule has 4 rings (SSSR count). The van der Waals surface area contributed by atoms with Crippen molar-refractivity contribution in [3.05, 3.63) is 35.9 Å². The van der Waals surface area contributed by atoms with Crippen molar-refractivity contribution in [3.63, 3.8) is 0 Å². The van der Waals surface area contributed by atoms with E-state index in [4.69, 9.17) is 26.4 Å². The predicted molar refractivity (Wildman–Crippen MR) is 162 cm³/mol. The van der Waals surface area contributed by atoms with Crippen LogP contribution < -0.4 is 22.1 Å². The van der Waals surface area contributed by atoms with Gasteiger partial charge in [-0.05, 0) is 37.2 Å². The summed E-state index contributed by atoms with van der Waals surface area (Å²) in [6.07, 6.45) is 2.26. The van der Waals surface area contributed by atoms with Crippen LogP contribution in [-0.4, -0.2) is 123 Å². The van der Waals surface area contributed by atoms with Crippen LogP contribution in [0.2, 0.25) is 0 Å². The molecule has 1 aliphatic carbocycles. The summed E-state index contributed by atoms with van der Waals surface area (Å²) in [6, 6.07) is 7.28. The molecule has 1 saturated carbocycles. The van der Waals surface area contributed by atoms with E-state index < -0.39 is 39.2 Å². The summed E-state index contributed by atoms with van der Waals surface area (Å²) in [7, 11) is -4.35. The smallest absolute Gasteiger partial charge is 0.407 e. The van der Waals surface area contributed by atoms with Gasteiger partial charge in [0.15, 0.2) is 11.2 Å². The highest BCUT2D eigenvalue weighted by molar-refractivity contribution is 7.90. The standard InChI is InChI=1S/C28H44N8O7S/c29-23(25(37)33-17-21-7-4-11-34(18-21)27(30)31)24(44(40,41)35-13-15-42-16-14-35)26(38)36(22-8-9-22)12-10-32-28(39)43-19-20-5-2-1-3-6-20/h1-3,5-6,21-24H,4,7-19,29H2,(H3,30,31)(H,32,39)(H,33,37)/t21-,23?,24-/m0/s1. The lowest BCUT2D eigenvalue weighted by Crippen LogP contribution is -2.62. The second kappa shape index (κ2) is 15.5. The average molecular weight is 637 g/mol. The fraction of sp³-hybridized carbons (Fsp3) is 0.643. The summed E-state index contributed by atoms with van der Waals surface area (Å²) in [5.74, 6) is -1.58. The minimum atomic E-state index is -4.35. The number of nitrogens with one attached hydrogen (secondary N) is 3. The van der Waals surface area contributed by atoms with Gasteiger partial charge in [0.2, 0.25) is 21.8 Å². The maximum atomic E-state index is 14.0. The van der Waals surface area contributed by atoms with Crippen LogP contribution in [0.3, 0.4) is 0 Å². The van der Waals surface area contributed by atoms with Crippen LogP contribution in [0.15, 0.2) is 30.3 Å². The molecule has 1 aromatic rings. The quantitative estimate of drug-likeness (QED) is 0.131. The van der Waals surface area contributed by atoms with E-state index in [2.05, 4.69) is 10.6 Å². The minimum absolute atomic E-state index is 0.00974. The van der Waals surface area contributed by atoms with E-state index in [9.17, 15) is 22.8 Å². The van der Waals surface area contributed by atoms with E-state index in [1.807, 2.05) is 30.3 Å². The summed E-state index contributed by atoms with van der Waals surface area (Å²) >= 11 is 0. The number of benzene rings is 1. The van der Waals surface area contributed by atoms with Gasteiger partial charge in [-0.15, -0.1) is 0 Å². The molecule has 0 spiro atoms. The normalized spacial score (nSPS) is 20.7. The highest BCUT2D eigenvalue weighted by atomic mass is 32.2. The zero-order chi connectivity index (χ0) is 31.7. The van der Waals surface area contributed by atoms with Gasteiger partial charge in [0, 0.05) is 51.9 Å². The summed E-state index contributed by atoms with van der Waals surface area (Å²) in [6.45, 7) is 1.88. The zero-order valence-electron chi connectivity index (χ0n) is 24.9. The molecule has 2 aliphatic heterocycles. The van der Waals surface area contributed by atoms with Crippen molar-refractivity contribution in [2.75, 3.05) is 59.0 Å². The first-order valence-corrected chi connectivity index (χ1v) is 16.5. The molecule has 2 saturated heterocycles. The van der Waals surface area contributed by atoms with Gasteiger partial charge in [-0.2, -0.15) is 4.31 Å². The van der Waals surface area contributed by atoms with Gasteiger partial charge in [-0.25, -0.2) is 13.2 Å². The number of rotatable bonds is 13. The minimum Gasteiger partial charge on any atom is -0.445 e. The zero-order valence-corrected chi connectivity index (χ0v) is 25.7. The molecular formula is C28H44N8O7S. The average Bonchev–Trinajstić information content (AvgIpc) is 3.87. The molecule has 0 bridgehead atoms. The summed E-state index contributed by atoms with van der Waals surface area (Å²) in [4.78, 5) is 42.7. The van der Waals surface area contributed by atoms with Crippen LogP contribution >= 0.6 is 0 Å². The van der Waals surface area contributed by atoms with Crippen LogP contribution in [0.25, 0.3) is 0 Å². The molecule has 1 aromatic carbocycles. The number of nitrogens with zero attached hydrogens (tertiary/aromatic N) is 3. The van der Waals surface area contributed by atoms with Gasteiger partial charge in [-0.3, -0.25) is 15.0 Å². The molecule has 15 nitrogen and oxygen atoms in total. The Kier molecular flexibility index (Phi) is 11.8. The molecule has 44 heavy (non-hydrogen) atoms. The van der Waals surface area contributed by atoms with Gasteiger partial charge in [-0.1, -0.05) is 30.3 Å². The number of hydrogen-bond donors (Lipinski definition) is 5. The Morgan fingerprint density at radius 2 is 1.80 bits per heavy atom. The van der Waals surface area contributed by atoms with Crippen LogP contribution in [0.1, 0.15) is 31.2 Å². The molecule has 3 fully saturated rings. The fourth-order valence-corrected chi connectivity index (χ4v) is 7.32. The molecule has 2 heterocycles. The first kappa shape index (κ1) is 33.4. The van der Waals surface area contributed by atoms with Crippen molar-refractivity contribution in [3.8, 4) is 0 Å². The largest absolute Gasteiger partial charge is 0.445 e. The van der Waals surface area contributed by atoms with Gasteiger partial charge in [0.1, 0.15) is 12.6 Å². The first-order valence-electron chi connectivity index (χ1n) is 15.0. The van der Waals surface area contributed by atoms with Crippen molar-refractivity contribution < 1.29 is 32.3 Å². The number of carbonyl (C=O) groups is 3. The van der Waals surface area contributed by atoms with Gasteiger partial charge in [0.05, 0.1) is 13.2 Å². The molecule has 3 amide bonds. The number of morpholine rings is 1. The van der Waals surface area contributed by atoms with Crippen molar-refractivity contribution in [2.45, 2.75) is 49.6 Å². The van der Waals surface area contributed by atoms with Crippen LogP contribution in [-0.2, 0) is 35.7 Å². The van der Waals surface area contributed by atoms with E-state index in [0.29, 0.717) is 25.9 Å². The number of amides is 3. The second-order valence-electron chi connectivity index (χ2n) is 11.3. The molecule has 0 aromatic heterocycles. The van der Waals surface area contributed by atoms with Crippen molar-refractivity contribution in [1.82, 2.24) is 24.7 Å². The SMILES string of the molecule is N=C(N)N1CCC[C@@H](CNC(=O)C(N)[C@@H](C(=O)N(CCNC(=O)OCc2ccccc2)C2CC2)S(=O)(=O)N2CCOCC2)C1. The van der Waals surface area contributed by atoms with E-state index in [1.165, 1.54) is 4.90 Å². The van der Waals surface area contributed by atoms with Crippen LogP contribution in [0.4, 0.5) is 4.79 Å². The number of ether oxygens (including phenoxy) is 2. The second-order valence-corrected chi connectivity index (χ2v) is 13.4. The van der Waals surface area contributed by atoms with Crippen molar-refractivity contribution in [1.29, 1.82) is 5.41 Å². The molecule has 16 heteroatoms. The molecular weight excluding hydrogens is 592 g/mol. The van der Waals surface area contributed by atoms with E-state index in [-0.39, 0.29) is 70.5 Å². The van der Waals surface area contributed by atoms with Crippen molar-refractivity contribution in [2.24, 2.45) is 17.4 Å².